The lowest BCUT2D eigenvalue weighted by Crippen LogP contribution is -2.63. The van der Waals surface area contributed by atoms with Crippen LogP contribution in [0.3, 0.4) is 0 Å². The molecule has 6 heteroatoms. The molecule has 1 fully saturated rings. The molecular weight excluding hydrogens is 226 g/mol. The molecule has 1 saturated heterocycles. The first kappa shape index (κ1) is 14.1. The van der Waals surface area contributed by atoms with E-state index in [1.54, 1.807) is 6.08 Å². The number of hydrogen-bond donors (Lipinski definition) is 4. The molecule has 1 aliphatic heterocycles. The minimum absolute atomic E-state index is 0.318. The molecule has 1 aliphatic rings. The molecule has 0 aliphatic carbocycles. The van der Waals surface area contributed by atoms with Crippen LogP contribution in [-0.2, 0) is 9.53 Å². The first-order chi connectivity index (χ1) is 8.01. The molecule has 17 heavy (non-hydrogen) atoms. The second-order valence-corrected chi connectivity index (χ2v) is 4.13. The van der Waals surface area contributed by atoms with E-state index in [-0.39, 0.29) is 5.91 Å². The maximum Gasteiger partial charge on any atom is 0.217 e. The van der Waals surface area contributed by atoms with Crippen LogP contribution >= 0.6 is 0 Å². The van der Waals surface area contributed by atoms with Gasteiger partial charge in [-0.25, -0.2) is 0 Å². The van der Waals surface area contributed by atoms with E-state index in [1.165, 1.54) is 6.92 Å². The highest BCUT2D eigenvalue weighted by Crippen LogP contribution is 2.23. The van der Waals surface area contributed by atoms with Gasteiger partial charge >= 0.3 is 0 Å². The quantitative estimate of drug-likeness (QED) is 0.454. The average Bonchev–Trinajstić information content (AvgIpc) is 2.28. The fourth-order valence-electron chi connectivity index (χ4n) is 1.97. The Morgan fingerprint density at radius 3 is 2.53 bits per heavy atom. The standard InChI is InChI=1S/C11H19NO5/c1-3-4-7-9(12-6(2)14)11(16)10(15)8(5-13)17-7/h3,7-11,13,15-16H,1,4-5H2,2H3,(H,12,14). The van der Waals surface area contributed by atoms with Crippen LogP contribution in [-0.4, -0.2) is 58.3 Å². The molecule has 0 aromatic carbocycles. The van der Waals surface area contributed by atoms with E-state index in [2.05, 4.69) is 11.9 Å². The monoisotopic (exact) mass is 245 g/mol. The zero-order chi connectivity index (χ0) is 13.0. The summed E-state index contributed by atoms with van der Waals surface area (Å²) >= 11 is 0. The molecule has 1 heterocycles. The maximum absolute atomic E-state index is 11.0. The lowest BCUT2D eigenvalue weighted by Gasteiger charge is -2.42. The second-order valence-electron chi connectivity index (χ2n) is 4.13. The molecule has 98 valence electrons. The summed E-state index contributed by atoms with van der Waals surface area (Å²) in [7, 11) is 0. The number of carbonyl (C=O) groups excluding carboxylic acids is 1. The maximum atomic E-state index is 11.0. The summed E-state index contributed by atoms with van der Waals surface area (Å²) in [5.41, 5.74) is 0. The van der Waals surface area contributed by atoms with Crippen molar-refractivity contribution in [3.05, 3.63) is 12.7 Å². The van der Waals surface area contributed by atoms with Crippen LogP contribution in [0.4, 0.5) is 0 Å². The van der Waals surface area contributed by atoms with Gasteiger partial charge in [-0.15, -0.1) is 6.58 Å². The number of aliphatic hydroxyl groups excluding tert-OH is 3. The largest absolute Gasteiger partial charge is 0.394 e. The minimum atomic E-state index is -1.22. The highest BCUT2D eigenvalue weighted by molar-refractivity contribution is 5.73. The van der Waals surface area contributed by atoms with Gasteiger partial charge in [-0.2, -0.15) is 0 Å². The van der Waals surface area contributed by atoms with E-state index < -0.39 is 37.1 Å². The van der Waals surface area contributed by atoms with E-state index in [1.807, 2.05) is 0 Å². The Hall–Kier alpha value is -0.950. The van der Waals surface area contributed by atoms with Crippen molar-refractivity contribution in [1.29, 1.82) is 0 Å². The predicted octanol–water partition coefficient (Wildman–Crippen LogP) is -1.45. The van der Waals surface area contributed by atoms with E-state index in [0.717, 1.165) is 0 Å². The molecule has 0 aromatic heterocycles. The van der Waals surface area contributed by atoms with Gasteiger partial charge in [0.25, 0.3) is 0 Å². The van der Waals surface area contributed by atoms with E-state index in [4.69, 9.17) is 9.84 Å². The Balaban J connectivity index is 2.82. The molecular formula is C11H19NO5. The normalized spacial score (nSPS) is 37.5. The molecule has 6 nitrogen and oxygen atoms in total. The summed E-state index contributed by atoms with van der Waals surface area (Å²) in [5.74, 6) is -0.318. The number of hydrogen-bond acceptors (Lipinski definition) is 5. The number of ether oxygens (including phenoxy) is 1. The van der Waals surface area contributed by atoms with Gasteiger partial charge in [-0.1, -0.05) is 6.08 Å². The molecule has 0 aromatic rings. The summed E-state index contributed by atoms with van der Waals surface area (Å²) in [6.07, 6.45) is -1.75. The molecule has 0 bridgehead atoms. The molecule has 5 unspecified atom stereocenters. The highest BCUT2D eigenvalue weighted by Gasteiger charge is 2.43. The van der Waals surface area contributed by atoms with Crippen LogP contribution in [0.2, 0.25) is 0 Å². The van der Waals surface area contributed by atoms with E-state index in [9.17, 15) is 15.0 Å². The Morgan fingerprint density at radius 2 is 2.06 bits per heavy atom. The van der Waals surface area contributed by atoms with Gasteiger partial charge in [-0.3, -0.25) is 4.79 Å². The lowest BCUT2D eigenvalue weighted by molar-refractivity contribution is -0.194. The van der Waals surface area contributed by atoms with E-state index in [0.29, 0.717) is 6.42 Å². The molecule has 0 radical (unpaired) electrons. The Morgan fingerprint density at radius 1 is 1.41 bits per heavy atom. The Labute approximate surface area is 99.9 Å². The van der Waals surface area contributed by atoms with Gasteiger partial charge in [0.2, 0.25) is 5.91 Å². The molecule has 1 amide bonds. The molecule has 1 rings (SSSR count). The van der Waals surface area contributed by atoms with Crippen molar-refractivity contribution in [2.75, 3.05) is 6.61 Å². The molecule has 0 saturated carbocycles. The predicted molar refractivity (Wildman–Crippen MR) is 60.2 cm³/mol. The Kier molecular flexibility index (Phi) is 5.07. The minimum Gasteiger partial charge on any atom is -0.394 e. The summed E-state index contributed by atoms with van der Waals surface area (Å²) in [5, 5.41) is 31.2. The van der Waals surface area contributed by atoms with Crippen molar-refractivity contribution in [1.82, 2.24) is 5.32 Å². The van der Waals surface area contributed by atoms with Crippen molar-refractivity contribution < 1.29 is 24.9 Å². The zero-order valence-electron chi connectivity index (χ0n) is 9.74. The number of carbonyl (C=O) groups is 1. The van der Waals surface area contributed by atoms with Crippen molar-refractivity contribution >= 4 is 5.91 Å². The van der Waals surface area contributed by atoms with Gasteiger partial charge in [-0.05, 0) is 6.42 Å². The SMILES string of the molecule is C=CCC1OC(CO)C(O)C(O)C1NC(C)=O. The zero-order valence-corrected chi connectivity index (χ0v) is 9.74. The molecule has 4 N–H and O–H groups in total. The second kappa shape index (κ2) is 6.11. The van der Waals surface area contributed by atoms with Crippen LogP contribution in [0.15, 0.2) is 12.7 Å². The van der Waals surface area contributed by atoms with Gasteiger partial charge < -0.3 is 25.4 Å². The van der Waals surface area contributed by atoms with Crippen LogP contribution in [0.5, 0.6) is 0 Å². The van der Waals surface area contributed by atoms with Gasteiger partial charge in [0.15, 0.2) is 0 Å². The van der Waals surface area contributed by atoms with Crippen LogP contribution < -0.4 is 5.32 Å². The lowest BCUT2D eigenvalue weighted by atomic mass is 9.91. The number of aliphatic hydroxyl groups is 3. The third-order valence-corrected chi connectivity index (χ3v) is 2.80. The first-order valence-corrected chi connectivity index (χ1v) is 5.51. The number of rotatable bonds is 4. The fraction of sp³-hybridized carbons (Fsp3) is 0.727. The van der Waals surface area contributed by atoms with Gasteiger partial charge in [0.1, 0.15) is 18.3 Å². The number of amides is 1. The number of nitrogens with one attached hydrogen (secondary N) is 1. The van der Waals surface area contributed by atoms with Crippen LogP contribution in [0, 0.1) is 0 Å². The molecule has 0 spiro atoms. The smallest absolute Gasteiger partial charge is 0.217 e. The fourth-order valence-corrected chi connectivity index (χ4v) is 1.97. The highest BCUT2D eigenvalue weighted by atomic mass is 16.5. The van der Waals surface area contributed by atoms with Gasteiger partial charge in [0.05, 0.1) is 18.8 Å². The van der Waals surface area contributed by atoms with Crippen molar-refractivity contribution in [2.45, 2.75) is 43.8 Å². The summed E-state index contributed by atoms with van der Waals surface area (Å²) in [6, 6.07) is -0.705. The van der Waals surface area contributed by atoms with Gasteiger partial charge in [0, 0.05) is 6.92 Å². The topological polar surface area (TPSA) is 99.0 Å². The van der Waals surface area contributed by atoms with E-state index >= 15 is 0 Å². The first-order valence-electron chi connectivity index (χ1n) is 5.51. The van der Waals surface area contributed by atoms with Crippen LogP contribution in [0.1, 0.15) is 13.3 Å². The van der Waals surface area contributed by atoms with Crippen molar-refractivity contribution in [3.8, 4) is 0 Å². The third-order valence-electron chi connectivity index (χ3n) is 2.80. The molecule has 5 atom stereocenters. The third kappa shape index (κ3) is 3.26. The van der Waals surface area contributed by atoms with Crippen molar-refractivity contribution in [3.63, 3.8) is 0 Å². The van der Waals surface area contributed by atoms with Crippen LogP contribution in [0.25, 0.3) is 0 Å². The average molecular weight is 245 g/mol. The Bertz CT molecular complexity index is 283. The summed E-state index contributed by atoms with van der Waals surface area (Å²) < 4.78 is 5.43. The summed E-state index contributed by atoms with van der Waals surface area (Å²) in [6.45, 7) is 4.50. The van der Waals surface area contributed by atoms with Crippen molar-refractivity contribution in [2.24, 2.45) is 0 Å². The summed E-state index contributed by atoms with van der Waals surface area (Å²) in [4.78, 5) is 11.0.